The standard InChI is InChI=1S/C23H31ClN6O2/c1-17-15-21-29(26-17)10-7-22(31)30(21)18(2)23(32)25-8-4-9-27-11-13-28(14-12-27)20-6-3-5-19(24)16-20/h3,5-6,15-16,18H,4,7-14H2,1-2H3,(H,25,32)/t18-/m1/s1. The van der Waals surface area contributed by atoms with Crippen LogP contribution in [0.3, 0.4) is 0 Å². The molecule has 2 aromatic rings. The largest absolute Gasteiger partial charge is 0.369 e. The van der Waals surface area contributed by atoms with Crippen molar-refractivity contribution < 1.29 is 9.59 Å². The number of halogens is 1. The molecule has 8 nitrogen and oxygen atoms in total. The molecular weight excluding hydrogens is 428 g/mol. The summed E-state index contributed by atoms with van der Waals surface area (Å²) in [6.07, 6.45) is 1.24. The van der Waals surface area contributed by atoms with Gasteiger partial charge in [0.1, 0.15) is 11.9 Å². The van der Waals surface area contributed by atoms with Crippen molar-refractivity contribution >= 4 is 34.9 Å². The molecule has 2 aliphatic heterocycles. The molecule has 0 bridgehead atoms. The van der Waals surface area contributed by atoms with Crippen molar-refractivity contribution in [2.45, 2.75) is 39.3 Å². The number of carbonyl (C=O) groups is 2. The molecule has 1 aromatic carbocycles. The topological polar surface area (TPSA) is 73.7 Å². The molecule has 1 saturated heterocycles. The maximum Gasteiger partial charge on any atom is 0.242 e. The number of piperazine rings is 1. The van der Waals surface area contributed by atoms with E-state index in [0.29, 0.717) is 25.3 Å². The fourth-order valence-corrected chi connectivity index (χ4v) is 4.62. The maximum atomic E-state index is 12.7. The second-order valence-corrected chi connectivity index (χ2v) is 8.95. The van der Waals surface area contributed by atoms with E-state index < -0.39 is 6.04 Å². The van der Waals surface area contributed by atoms with Crippen molar-refractivity contribution in [1.29, 1.82) is 0 Å². The summed E-state index contributed by atoms with van der Waals surface area (Å²) in [4.78, 5) is 31.6. The van der Waals surface area contributed by atoms with Gasteiger partial charge in [-0.3, -0.25) is 19.4 Å². The Bertz CT molecular complexity index is 969. The Morgan fingerprint density at radius 1 is 1.19 bits per heavy atom. The third-order valence-corrected chi connectivity index (χ3v) is 6.43. The molecule has 0 saturated carbocycles. The van der Waals surface area contributed by atoms with Crippen molar-refractivity contribution in [3.8, 4) is 0 Å². The number of hydrogen-bond donors (Lipinski definition) is 1. The number of aromatic nitrogens is 2. The molecule has 2 amide bonds. The number of nitrogens with one attached hydrogen (secondary N) is 1. The average Bonchev–Trinajstić information content (AvgIpc) is 3.16. The highest BCUT2D eigenvalue weighted by molar-refractivity contribution is 6.30. The lowest BCUT2D eigenvalue weighted by molar-refractivity contribution is -0.126. The van der Waals surface area contributed by atoms with E-state index in [-0.39, 0.29) is 11.8 Å². The van der Waals surface area contributed by atoms with Gasteiger partial charge in [-0.2, -0.15) is 5.10 Å². The van der Waals surface area contributed by atoms with Crippen LogP contribution in [0.5, 0.6) is 0 Å². The molecule has 1 aromatic heterocycles. The summed E-state index contributed by atoms with van der Waals surface area (Å²) in [6, 6.07) is 9.30. The number of hydrogen-bond acceptors (Lipinski definition) is 5. The number of anilines is 2. The molecule has 172 valence electrons. The lowest BCUT2D eigenvalue weighted by Crippen LogP contribution is -2.51. The first-order valence-electron chi connectivity index (χ1n) is 11.3. The average molecular weight is 459 g/mol. The van der Waals surface area contributed by atoms with E-state index in [1.165, 1.54) is 5.69 Å². The van der Waals surface area contributed by atoms with E-state index in [2.05, 4.69) is 26.3 Å². The van der Waals surface area contributed by atoms with Gasteiger partial charge in [0.25, 0.3) is 0 Å². The molecule has 3 heterocycles. The van der Waals surface area contributed by atoms with Gasteiger partial charge in [0.15, 0.2) is 0 Å². The van der Waals surface area contributed by atoms with E-state index in [4.69, 9.17) is 11.6 Å². The third-order valence-electron chi connectivity index (χ3n) is 6.20. The number of amides is 2. The summed E-state index contributed by atoms with van der Waals surface area (Å²) in [5.41, 5.74) is 2.02. The smallest absolute Gasteiger partial charge is 0.242 e. The van der Waals surface area contributed by atoms with Crippen LogP contribution in [-0.2, 0) is 16.1 Å². The van der Waals surface area contributed by atoms with Crippen molar-refractivity contribution in [1.82, 2.24) is 20.0 Å². The summed E-state index contributed by atoms with van der Waals surface area (Å²) in [5, 5.41) is 8.18. The minimum Gasteiger partial charge on any atom is -0.369 e. The summed E-state index contributed by atoms with van der Waals surface area (Å²) in [7, 11) is 0. The molecule has 4 rings (SSSR count). The molecule has 0 aliphatic carbocycles. The van der Waals surface area contributed by atoms with Gasteiger partial charge in [0.2, 0.25) is 11.8 Å². The number of rotatable bonds is 7. The summed E-state index contributed by atoms with van der Waals surface area (Å²) < 4.78 is 1.81. The molecule has 0 spiro atoms. The Morgan fingerprint density at radius 2 is 1.97 bits per heavy atom. The van der Waals surface area contributed by atoms with Crippen LogP contribution in [0.15, 0.2) is 30.3 Å². The molecular formula is C23H31ClN6O2. The summed E-state index contributed by atoms with van der Waals surface area (Å²) in [5.74, 6) is 0.549. The summed E-state index contributed by atoms with van der Waals surface area (Å²) >= 11 is 6.11. The molecule has 1 N–H and O–H groups in total. The maximum absolute atomic E-state index is 12.7. The fourth-order valence-electron chi connectivity index (χ4n) is 4.44. The van der Waals surface area contributed by atoms with Gasteiger partial charge in [-0.15, -0.1) is 0 Å². The lowest BCUT2D eigenvalue weighted by Gasteiger charge is -2.36. The fraction of sp³-hybridized carbons (Fsp3) is 0.522. The van der Waals surface area contributed by atoms with Crippen LogP contribution in [-0.4, -0.2) is 71.8 Å². The number of nitrogens with zero attached hydrogens (tertiary/aromatic N) is 5. The molecule has 1 atom stereocenters. The lowest BCUT2D eigenvalue weighted by atomic mass is 10.2. The predicted molar refractivity (Wildman–Crippen MR) is 126 cm³/mol. The van der Waals surface area contributed by atoms with Crippen molar-refractivity contribution in [3.63, 3.8) is 0 Å². The Hall–Kier alpha value is -2.58. The van der Waals surface area contributed by atoms with Crippen molar-refractivity contribution in [2.75, 3.05) is 49.1 Å². The van der Waals surface area contributed by atoms with Crippen LogP contribution in [0, 0.1) is 6.92 Å². The Kier molecular flexibility index (Phi) is 7.01. The van der Waals surface area contributed by atoms with E-state index >= 15 is 0 Å². The highest BCUT2D eigenvalue weighted by Gasteiger charge is 2.33. The molecule has 1 fully saturated rings. The van der Waals surface area contributed by atoms with Crippen LogP contribution in [0.4, 0.5) is 11.5 Å². The first-order valence-corrected chi connectivity index (χ1v) is 11.7. The van der Waals surface area contributed by atoms with Crippen molar-refractivity contribution in [3.05, 3.63) is 41.0 Å². The minimum atomic E-state index is -0.557. The monoisotopic (exact) mass is 458 g/mol. The zero-order valence-corrected chi connectivity index (χ0v) is 19.5. The van der Waals surface area contributed by atoms with Gasteiger partial charge < -0.3 is 10.2 Å². The highest BCUT2D eigenvalue weighted by Crippen LogP contribution is 2.25. The predicted octanol–water partition coefficient (Wildman–Crippen LogP) is 2.30. The third kappa shape index (κ3) is 5.07. The summed E-state index contributed by atoms with van der Waals surface area (Å²) in [6.45, 7) is 9.68. The number of benzene rings is 1. The molecule has 0 radical (unpaired) electrons. The number of carbonyl (C=O) groups excluding carboxylic acids is 2. The molecule has 0 unspecified atom stereocenters. The number of aryl methyl sites for hydroxylation is 2. The SMILES string of the molecule is Cc1cc2n(n1)CCC(=O)N2[C@H](C)C(=O)NCCCN1CCN(c2cccc(Cl)c2)CC1. The Balaban J connectivity index is 1.20. The van der Waals surface area contributed by atoms with Crippen LogP contribution in [0.2, 0.25) is 5.02 Å². The second kappa shape index (κ2) is 9.92. The molecule has 2 aliphatic rings. The normalized spacial score (nSPS) is 17.9. The molecule has 32 heavy (non-hydrogen) atoms. The minimum absolute atomic E-state index is 0.0300. The van der Waals surface area contributed by atoms with E-state index in [9.17, 15) is 9.59 Å². The van der Waals surface area contributed by atoms with Gasteiger partial charge in [-0.1, -0.05) is 17.7 Å². The Morgan fingerprint density at radius 3 is 2.72 bits per heavy atom. The van der Waals surface area contributed by atoms with Crippen LogP contribution in [0.1, 0.15) is 25.5 Å². The van der Waals surface area contributed by atoms with Gasteiger partial charge in [0.05, 0.1) is 12.2 Å². The van der Waals surface area contributed by atoms with Crippen LogP contribution in [0.25, 0.3) is 0 Å². The van der Waals surface area contributed by atoms with E-state index in [0.717, 1.165) is 49.9 Å². The second-order valence-electron chi connectivity index (χ2n) is 8.51. The van der Waals surface area contributed by atoms with Gasteiger partial charge in [-0.05, 0) is 45.0 Å². The first-order chi connectivity index (χ1) is 15.4. The zero-order chi connectivity index (χ0) is 22.7. The molecule has 9 heteroatoms. The quantitative estimate of drug-likeness (QED) is 0.644. The van der Waals surface area contributed by atoms with Gasteiger partial charge in [0, 0.05) is 55.9 Å². The highest BCUT2D eigenvalue weighted by atomic mass is 35.5. The van der Waals surface area contributed by atoms with E-state index in [1.807, 2.05) is 35.9 Å². The Labute approximate surface area is 194 Å². The van der Waals surface area contributed by atoms with Crippen LogP contribution < -0.4 is 15.1 Å². The zero-order valence-electron chi connectivity index (χ0n) is 18.8. The van der Waals surface area contributed by atoms with E-state index in [1.54, 1.807) is 11.8 Å². The number of fused-ring (bicyclic) bond motifs is 1. The van der Waals surface area contributed by atoms with Crippen LogP contribution >= 0.6 is 11.6 Å². The van der Waals surface area contributed by atoms with Crippen molar-refractivity contribution in [2.24, 2.45) is 0 Å². The first kappa shape index (κ1) is 22.6. The van der Waals surface area contributed by atoms with Gasteiger partial charge in [-0.25, -0.2) is 4.68 Å². The van der Waals surface area contributed by atoms with Gasteiger partial charge >= 0.3 is 0 Å².